The molecule has 0 atom stereocenters. The highest BCUT2D eigenvalue weighted by molar-refractivity contribution is 6.22. The summed E-state index contributed by atoms with van der Waals surface area (Å²) in [6.45, 7) is 4.11. The molecule has 158 valence electrons. The molecular weight excluding hydrogens is 404 g/mol. The van der Waals surface area contributed by atoms with Crippen LogP contribution in [0.4, 0.5) is 0 Å². The Morgan fingerprint density at radius 1 is 0.531 bits per heavy atom. The van der Waals surface area contributed by atoms with Gasteiger partial charge in [0.25, 0.3) is 23.6 Å². The summed E-state index contributed by atoms with van der Waals surface area (Å²) in [7, 11) is 0. The molecule has 0 bridgehead atoms. The molecule has 0 saturated carbocycles. The van der Waals surface area contributed by atoms with Crippen molar-refractivity contribution in [2.45, 2.75) is 26.9 Å². The second-order valence-corrected chi connectivity index (χ2v) is 8.19. The average molecular weight is 424 g/mol. The molecule has 2 aliphatic rings. The number of hydrogen-bond donors (Lipinski definition) is 0. The van der Waals surface area contributed by atoms with Crippen LogP contribution in [0.3, 0.4) is 0 Å². The third kappa shape index (κ3) is 2.95. The summed E-state index contributed by atoms with van der Waals surface area (Å²) in [4.78, 5) is 53.6. The number of benzene rings is 3. The fraction of sp³-hybridized carbons (Fsp3) is 0.154. The van der Waals surface area contributed by atoms with Crippen molar-refractivity contribution in [2.75, 3.05) is 0 Å². The van der Waals surface area contributed by atoms with Gasteiger partial charge in [0.15, 0.2) is 0 Å². The number of carbonyl (C=O) groups excluding carboxylic acids is 4. The van der Waals surface area contributed by atoms with Gasteiger partial charge in [-0.3, -0.25) is 29.0 Å². The molecule has 0 N–H and O–H groups in total. The Bertz CT molecular complexity index is 1170. The van der Waals surface area contributed by atoms with Crippen molar-refractivity contribution in [3.8, 4) is 0 Å². The maximum absolute atomic E-state index is 12.8. The first-order valence-corrected chi connectivity index (χ1v) is 10.4. The second-order valence-electron chi connectivity index (χ2n) is 8.19. The van der Waals surface area contributed by atoms with Crippen LogP contribution in [0.2, 0.25) is 0 Å². The third-order valence-electron chi connectivity index (χ3n) is 6.21. The maximum Gasteiger partial charge on any atom is 0.261 e. The first-order chi connectivity index (χ1) is 15.4. The smallest absolute Gasteiger partial charge is 0.261 e. The molecule has 0 aliphatic carbocycles. The zero-order chi connectivity index (χ0) is 22.6. The lowest BCUT2D eigenvalue weighted by Crippen LogP contribution is -2.30. The van der Waals surface area contributed by atoms with Crippen LogP contribution < -0.4 is 0 Å². The summed E-state index contributed by atoms with van der Waals surface area (Å²) < 4.78 is 0. The second kappa shape index (κ2) is 7.27. The Morgan fingerprint density at radius 2 is 0.844 bits per heavy atom. The van der Waals surface area contributed by atoms with E-state index in [4.69, 9.17) is 0 Å². The van der Waals surface area contributed by atoms with Crippen molar-refractivity contribution in [1.82, 2.24) is 9.80 Å². The number of carbonyl (C=O) groups is 4. The molecule has 0 saturated heterocycles. The van der Waals surface area contributed by atoms with Crippen molar-refractivity contribution in [3.05, 3.63) is 105 Å². The van der Waals surface area contributed by atoms with Gasteiger partial charge in [-0.25, -0.2) is 0 Å². The highest BCUT2D eigenvalue weighted by atomic mass is 16.2. The van der Waals surface area contributed by atoms with Crippen molar-refractivity contribution in [2.24, 2.45) is 0 Å². The van der Waals surface area contributed by atoms with Crippen molar-refractivity contribution in [1.29, 1.82) is 0 Å². The molecule has 2 heterocycles. The first-order valence-electron chi connectivity index (χ1n) is 10.4. The van der Waals surface area contributed by atoms with Crippen molar-refractivity contribution in [3.63, 3.8) is 0 Å². The number of rotatable bonds is 4. The van der Waals surface area contributed by atoms with Crippen LogP contribution in [-0.2, 0) is 13.1 Å². The van der Waals surface area contributed by atoms with E-state index in [1.54, 1.807) is 48.5 Å². The third-order valence-corrected chi connectivity index (χ3v) is 6.21. The molecule has 3 aromatic carbocycles. The van der Waals surface area contributed by atoms with E-state index < -0.39 is 0 Å². The van der Waals surface area contributed by atoms with Gasteiger partial charge >= 0.3 is 0 Å². The van der Waals surface area contributed by atoms with E-state index in [0.29, 0.717) is 22.3 Å². The van der Waals surface area contributed by atoms with E-state index >= 15 is 0 Å². The van der Waals surface area contributed by atoms with Gasteiger partial charge in [-0.05, 0) is 60.4 Å². The minimum absolute atomic E-state index is 0.133. The van der Waals surface area contributed by atoms with E-state index in [-0.39, 0.29) is 36.7 Å². The topological polar surface area (TPSA) is 74.8 Å². The summed E-state index contributed by atoms with van der Waals surface area (Å²) in [5.74, 6) is -1.25. The van der Waals surface area contributed by atoms with Gasteiger partial charge in [-0.15, -0.1) is 0 Å². The number of fused-ring (bicyclic) bond motifs is 2. The molecular formula is C26H20N2O4. The fourth-order valence-electron chi connectivity index (χ4n) is 4.39. The molecule has 0 unspecified atom stereocenters. The normalized spacial score (nSPS) is 14.9. The van der Waals surface area contributed by atoms with Gasteiger partial charge in [0, 0.05) is 0 Å². The molecule has 4 amide bonds. The molecule has 6 heteroatoms. The van der Waals surface area contributed by atoms with E-state index in [0.717, 1.165) is 22.3 Å². The molecule has 0 spiro atoms. The zero-order valence-electron chi connectivity index (χ0n) is 17.7. The summed E-state index contributed by atoms with van der Waals surface area (Å²) in [5, 5.41) is 0. The predicted octanol–water partition coefficient (Wildman–Crippen LogP) is 3.90. The summed E-state index contributed by atoms with van der Waals surface area (Å²) in [6, 6.07) is 17.4. The minimum Gasteiger partial charge on any atom is -0.270 e. The first kappa shape index (κ1) is 19.9. The largest absolute Gasteiger partial charge is 0.270 e. The van der Waals surface area contributed by atoms with E-state index in [9.17, 15) is 19.2 Å². The summed E-state index contributed by atoms with van der Waals surface area (Å²) in [6.07, 6.45) is 0. The highest BCUT2D eigenvalue weighted by Crippen LogP contribution is 2.28. The lowest BCUT2D eigenvalue weighted by Gasteiger charge is -2.20. The van der Waals surface area contributed by atoms with Gasteiger partial charge < -0.3 is 0 Å². The van der Waals surface area contributed by atoms with Crippen LogP contribution >= 0.6 is 0 Å². The molecule has 2 aliphatic heterocycles. The lowest BCUT2D eigenvalue weighted by molar-refractivity contribution is 0.0630. The van der Waals surface area contributed by atoms with Crippen LogP contribution in [0.15, 0.2) is 60.7 Å². The fourth-order valence-corrected chi connectivity index (χ4v) is 4.39. The van der Waals surface area contributed by atoms with Crippen LogP contribution in [0.25, 0.3) is 0 Å². The maximum atomic E-state index is 12.8. The Morgan fingerprint density at radius 3 is 1.16 bits per heavy atom. The van der Waals surface area contributed by atoms with Gasteiger partial charge in [0.05, 0.1) is 35.3 Å². The molecule has 3 aromatic rings. The molecule has 0 fully saturated rings. The van der Waals surface area contributed by atoms with Crippen LogP contribution in [-0.4, -0.2) is 33.4 Å². The van der Waals surface area contributed by atoms with Crippen molar-refractivity contribution < 1.29 is 19.2 Å². The van der Waals surface area contributed by atoms with Crippen LogP contribution in [0, 0.1) is 13.8 Å². The standard InChI is InChI=1S/C26H20N2O4/c1-15-11-16(2)18(14-28-25(31)21-9-5-6-10-22(21)26(28)32)12-17(15)13-27-23(29)19-7-3-4-8-20(19)24(27)30/h3-12H,13-14H2,1-2H3. The zero-order valence-corrected chi connectivity index (χ0v) is 17.7. The molecule has 6 nitrogen and oxygen atoms in total. The number of amides is 4. The molecule has 0 aromatic heterocycles. The summed E-state index contributed by atoms with van der Waals surface area (Å²) in [5.41, 5.74) is 5.12. The van der Waals surface area contributed by atoms with Gasteiger partial charge in [-0.1, -0.05) is 36.4 Å². The SMILES string of the molecule is Cc1cc(C)c(CN2C(=O)c3ccccc3C2=O)cc1CN1C(=O)c2ccccc2C1=O. The number of aryl methyl sites for hydroxylation is 2. The number of nitrogens with zero attached hydrogens (tertiary/aromatic N) is 2. The van der Waals surface area contributed by atoms with Crippen molar-refractivity contribution >= 4 is 23.6 Å². The number of imide groups is 2. The Labute approximate surface area is 185 Å². The van der Waals surface area contributed by atoms with E-state index in [2.05, 4.69) is 0 Å². The highest BCUT2D eigenvalue weighted by Gasteiger charge is 2.37. The molecule has 32 heavy (non-hydrogen) atoms. The molecule has 0 radical (unpaired) electrons. The lowest BCUT2D eigenvalue weighted by atomic mass is 9.99. The van der Waals surface area contributed by atoms with E-state index in [1.165, 1.54) is 9.80 Å². The van der Waals surface area contributed by atoms with Gasteiger partial charge in [0.2, 0.25) is 0 Å². The predicted molar refractivity (Wildman–Crippen MR) is 117 cm³/mol. The Balaban J connectivity index is 1.44. The van der Waals surface area contributed by atoms with E-state index in [1.807, 2.05) is 26.0 Å². The van der Waals surface area contributed by atoms with Gasteiger partial charge in [-0.2, -0.15) is 0 Å². The van der Waals surface area contributed by atoms with Crippen LogP contribution in [0.1, 0.15) is 63.7 Å². The monoisotopic (exact) mass is 424 g/mol. The Hall–Kier alpha value is -4.06. The number of hydrogen-bond acceptors (Lipinski definition) is 4. The minimum atomic E-state index is -0.313. The van der Waals surface area contributed by atoms with Crippen LogP contribution in [0.5, 0.6) is 0 Å². The summed E-state index contributed by atoms with van der Waals surface area (Å²) >= 11 is 0. The quantitative estimate of drug-likeness (QED) is 0.596. The Kier molecular flexibility index (Phi) is 4.51. The van der Waals surface area contributed by atoms with Gasteiger partial charge in [0.1, 0.15) is 0 Å². The molecule has 5 rings (SSSR count). The average Bonchev–Trinajstić information content (AvgIpc) is 3.18.